The zero-order valence-corrected chi connectivity index (χ0v) is 14.2. The molecule has 5 N–H and O–H groups in total. The lowest BCUT2D eigenvalue weighted by Gasteiger charge is -2.48. The number of nitrogens with two attached hydrogens (primary N) is 1. The van der Waals surface area contributed by atoms with Crippen LogP contribution in [0.15, 0.2) is 11.1 Å². The number of rotatable bonds is 2. The van der Waals surface area contributed by atoms with E-state index in [0.29, 0.717) is 0 Å². The van der Waals surface area contributed by atoms with Crippen LogP contribution in [-0.4, -0.2) is 98.8 Å². The van der Waals surface area contributed by atoms with Crippen molar-refractivity contribution in [2.45, 2.75) is 27.5 Å². The van der Waals surface area contributed by atoms with Gasteiger partial charge < -0.3 is 25.8 Å². The second-order valence-electron chi connectivity index (χ2n) is 7.19. The first-order valence-electron chi connectivity index (χ1n) is 7.21. The second kappa shape index (κ2) is 4.69. The Morgan fingerprint density at radius 3 is 2.13 bits per heavy atom. The van der Waals surface area contributed by atoms with Crippen LogP contribution >= 0.6 is 0 Å². The van der Waals surface area contributed by atoms with Gasteiger partial charge in [0.15, 0.2) is 15.7 Å². The fourth-order valence-electron chi connectivity index (χ4n) is 3.16. The normalized spacial score (nSPS) is 41.0. The van der Waals surface area contributed by atoms with Crippen molar-refractivity contribution in [2.24, 2.45) is 0 Å². The van der Waals surface area contributed by atoms with Crippen LogP contribution in [0.2, 0.25) is 0 Å². The van der Waals surface area contributed by atoms with E-state index in [9.17, 15) is 20.1 Å². The van der Waals surface area contributed by atoms with E-state index in [1.165, 1.54) is 47.1 Å². The van der Waals surface area contributed by atoms with Crippen LogP contribution in [-0.2, 0) is 10.4 Å². The van der Waals surface area contributed by atoms with Crippen molar-refractivity contribution in [1.29, 1.82) is 0 Å². The lowest BCUT2D eigenvalue weighted by molar-refractivity contribution is -0.134. The number of nitrogens with zero attached hydrogens (tertiary/aromatic N) is 3. The Kier molecular flexibility index (Phi) is 3.70. The van der Waals surface area contributed by atoms with E-state index < -0.39 is 33.2 Å². The Balaban J connectivity index is 2.76. The molecule has 0 aliphatic carbocycles. The quantitative estimate of drug-likeness (QED) is 0.394. The van der Waals surface area contributed by atoms with Crippen molar-refractivity contribution in [3.8, 4) is 0 Å². The molecule has 1 fully saturated rings. The van der Waals surface area contributed by atoms with Gasteiger partial charge in [0.25, 0.3) is 0 Å². The molecular weight excluding hydrogens is 297 g/mol. The van der Waals surface area contributed by atoms with E-state index in [4.69, 9.17) is 10.5 Å². The number of aliphatic hydroxyl groups is 3. The van der Waals surface area contributed by atoms with Gasteiger partial charge in [0.2, 0.25) is 5.95 Å². The third kappa shape index (κ3) is 2.07. The van der Waals surface area contributed by atoms with Crippen molar-refractivity contribution in [2.75, 3.05) is 5.73 Å². The molecule has 2 rings (SSSR count). The lowest BCUT2D eigenvalue weighted by Crippen LogP contribution is -2.74. The van der Waals surface area contributed by atoms with Crippen LogP contribution < -0.4 is 11.4 Å². The molecule has 1 aromatic rings. The maximum absolute atomic E-state index is 12.2. The van der Waals surface area contributed by atoms with E-state index >= 15 is 0 Å². The van der Waals surface area contributed by atoms with Gasteiger partial charge in [-0.05, 0) is 0 Å². The summed E-state index contributed by atoms with van der Waals surface area (Å²) < 4.78 is 6.88. The van der Waals surface area contributed by atoms with E-state index in [0.717, 1.165) is 10.9 Å². The Hall–Kier alpha value is -1.16. The van der Waals surface area contributed by atoms with Crippen LogP contribution in [0.4, 0.5) is 5.95 Å². The molecule has 23 heavy (non-hydrogen) atoms. The molecule has 0 amide bonds. The summed E-state index contributed by atoms with van der Waals surface area (Å²) in [5, 5.41) is 31.0. The topological polar surface area (TPSA) is 144 Å². The van der Waals surface area contributed by atoms with E-state index in [1.807, 2.05) is 0 Å². The van der Waals surface area contributed by atoms with Gasteiger partial charge in [-0.15, -0.1) is 0 Å². The fraction of sp³-hybridized carbons (Fsp3) is 0.625. The van der Waals surface area contributed by atoms with Gasteiger partial charge in [0.1, 0.15) is 43.3 Å². The number of hydrogen-bond acceptors (Lipinski definition) is 8. The Bertz CT molecular complexity index is 707. The minimum Gasteiger partial charge on any atom is -0.405 e. The van der Waals surface area contributed by atoms with Gasteiger partial charge in [-0.1, -0.05) is 0 Å². The van der Waals surface area contributed by atoms with Gasteiger partial charge >= 0.3 is 5.69 Å². The molecule has 4 unspecified atom stereocenters. The molecule has 118 valence electrons. The molecule has 1 aliphatic rings. The first-order valence-corrected chi connectivity index (χ1v) is 7.21. The Morgan fingerprint density at radius 2 is 1.74 bits per heavy atom. The average Bonchev–Trinajstić information content (AvgIpc) is 2.46. The summed E-state index contributed by atoms with van der Waals surface area (Å²) in [5.41, 5.74) is -2.62. The zero-order valence-electron chi connectivity index (χ0n) is 14.2. The summed E-state index contributed by atoms with van der Waals surface area (Å²) in [6.07, 6.45) is 1.09. The molecule has 1 saturated heterocycles. The van der Waals surface area contributed by atoms with Crippen LogP contribution in [0, 0.1) is 0 Å². The molecule has 15 heteroatoms. The standard InChI is InChI=1S/C8H18B6N4O5/c9-4(20)5(10,21)8(14,23-6(4,11)7(12,13)22)18-1-16-2(15)17-3(18)19/h1,20-22H,9-14H2,(H2,15,17,19). The molecule has 4 atom stereocenters. The molecule has 2 heterocycles. The maximum Gasteiger partial charge on any atom is 0.353 e. The molecule has 0 saturated carbocycles. The third-order valence-electron chi connectivity index (χ3n) is 5.53. The van der Waals surface area contributed by atoms with Crippen LogP contribution in [0.25, 0.3) is 0 Å². The number of nitrogen functional groups attached to an aromatic ring is 1. The summed E-state index contributed by atoms with van der Waals surface area (Å²) in [7, 11) is 8.46. The minimum atomic E-state index is -1.96. The molecular formula is C8H18B6N4O5. The lowest BCUT2D eigenvalue weighted by atomic mass is 9.37. The summed E-state index contributed by atoms with van der Waals surface area (Å²) in [6.45, 7) is 0. The Labute approximate surface area is 138 Å². The molecule has 9 nitrogen and oxygen atoms in total. The first-order chi connectivity index (χ1) is 10.1. The van der Waals surface area contributed by atoms with Crippen molar-refractivity contribution in [1.82, 2.24) is 14.5 Å². The largest absolute Gasteiger partial charge is 0.405 e. The molecule has 1 aromatic heterocycles. The van der Waals surface area contributed by atoms with Gasteiger partial charge in [-0.3, -0.25) is 4.57 Å². The van der Waals surface area contributed by atoms with Gasteiger partial charge in [-0.25, -0.2) is 9.78 Å². The van der Waals surface area contributed by atoms with Crippen molar-refractivity contribution in [3.63, 3.8) is 0 Å². The molecule has 0 aromatic carbocycles. The fourth-order valence-corrected chi connectivity index (χ4v) is 3.16. The average molecular weight is 315 g/mol. The maximum atomic E-state index is 12.2. The van der Waals surface area contributed by atoms with Crippen molar-refractivity contribution in [3.05, 3.63) is 16.8 Å². The summed E-state index contributed by atoms with van der Waals surface area (Å²) in [4.78, 5) is 19.5. The minimum absolute atomic E-state index is 0.218. The van der Waals surface area contributed by atoms with Crippen LogP contribution in [0.1, 0.15) is 0 Å². The van der Waals surface area contributed by atoms with Crippen molar-refractivity contribution >= 4 is 53.0 Å². The number of hydrogen-bond donors (Lipinski definition) is 4. The summed E-state index contributed by atoms with van der Waals surface area (Å²) in [6, 6.07) is 0. The zero-order chi connectivity index (χ0) is 18.1. The summed E-state index contributed by atoms with van der Waals surface area (Å²) >= 11 is 0. The second-order valence-corrected chi connectivity index (χ2v) is 7.19. The van der Waals surface area contributed by atoms with E-state index in [1.54, 1.807) is 0 Å². The van der Waals surface area contributed by atoms with E-state index in [-0.39, 0.29) is 5.95 Å². The number of ether oxygens (including phenoxy) is 1. The third-order valence-corrected chi connectivity index (χ3v) is 5.53. The smallest absolute Gasteiger partial charge is 0.353 e. The molecule has 0 spiro atoms. The van der Waals surface area contributed by atoms with E-state index in [2.05, 4.69) is 9.97 Å². The predicted octanol–water partition coefficient (Wildman–Crippen LogP) is -9.62. The SMILES string of the molecule is BC(B)(O)C1(B)OC(B)(n2cnc(N)nc2=O)C(B)(O)C1(B)O. The van der Waals surface area contributed by atoms with Crippen molar-refractivity contribution < 1.29 is 20.1 Å². The number of anilines is 1. The monoisotopic (exact) mass is 316 g/mol. The first kappa shape index (κ1) is 18.2. The highest BCUT2D eigenvalue weighted by atomic mass is 16.6. The highest BCUT2D eigenvalue weighted by Crippen LogP contribution is 2.51. The molecule has 0 bridgehead atoms. The highest BCUT2D eigenvalue weighted by molar-refractivity contribution is 6.47. The predicted molar refractivity (Wildman–Crippen MR) is 98.6 cm³/mol. The van der Waals surface area contributed by atoms with Crippen LogP contribution in [0.3, 0.4) is 0 Å². The number of aromatic nitrogens is 3. The summed E-state index contributed by atoms with van der Waals surface area (Å²) in [5.74, 6) is -0.218. The Morgan fingerprint density at radius 1 is 1.22 bits per heavy atom. The molecule has 0 radical (unpaired) electrons. The van der Waals surface area contributed by atoms with Gasteiger partial charge in [0.05, 0.1) is 16.5 Å². The highest BCUT2D eigenvalue weighted by Gasteiger charge is 2.74. The van der Waals surface area contributed by atoms with Crippen LogP contribution in [0.5, 0.6) is 0 Å². The van der Waals surface area contributed by atoms with Gasteiger partial charge in [0, 0.05) is 5.40 Å². The van der Waals surface area contributed by atoms with Gasteiger partial charge in [-0.2, -0.15) is 4.98 Å². The molecule has 1 aliphatic heterocycles.